The normalized spacial score (nSPS) is 10.9. The molecule has 8 heteroatoms. The summed E-state index contributed by atoms with van der Waals surface area (Å²) in [4.78, 5) is 27.5. The Morgan fingerprint density at radius 3 is 2.48 bits per heavy atom. The second-order valence-corrected chi connectivity index (χ2v) is 7.46. The van der Waals surface area contributed by atoms with Gasteiger partial charge in [-0.05, 0) is 67.3 Å². The summed E-state index contributed by atoms with van der Waals surface area (Å²) >= 11 is 0. The molecule has 8 nitrogen and oxygen atoms in total. The van der Waals surface area contributed by atoms with Crippen molar-refractivity contribution >= 4 is 16.8 Å². The number of pyridine rings is 1. The molecule has 0 unspecified atom stereocenters. The van der Waals surface area contributed by atoms with Crippen molar-refractivity contribution in [2.24, 2.45) is 0 Å². The zero-order valence-electron chi connectivity index (χ0n) is 17.2. The Balaban J connectivity index is 1.80. The molecule has 0 atom stereocenters. The molecule has 0 aliphatic carbocycles. The molecule has 0 saturated heterocycles. The number of fused-ring (bicyclic) bond motifs is 1. The van der Waals surface area contributed by atoms with Crippen LogP contribution >= 0.6 is 0 Å². The van der Waals surface area contributed by atoms with Crippen molar-refractivity contribution in [3.63, 3.8) is 0 Å². The Kier molecular flexibility index (Phi) is 4.87. The maximum absolute atomic E-state index is 12.4. The van der Waals surface area contributed by atoms with Crippen molar-refractivity contribution in [2.75, 3.05) is 0 Å². The maximum atomic E-state index is 12.4. The van der Waals surface area contributed by atoms with Crippen molar-refractivity contribution in [3.05, 3.63) is 91.1 Å². The molecule has 0 spiro atoms. The minimum Gasteiger partial charge on any atom is -0.407 e. The van der Waals surface area contributed by atoms with E-state index in [1.165, 1.54) is 22.8 Å². The fraction of sp³-hybridized carbons (Fsp3) is 0.174. The van der Waals surface area contributed by atoms with E-state index in [0.29, 0.717) is 11.1 Å². The second kappa shape index (κ2) is 7.54. The van der Waals surface area contributed by atoms with Crippen LogP contribution in [0.25, 0.3) is 22.4 Å². The number of hydrogen-bond acceptors (Lipinski definition) is 6. The van der Waals surface area contributed by atoms with Crippen LogP contribution in [0.15, 0.2) is 51.8 Å². The summed E-state index contributed by atoms with van der Waals surface area (Å²) in [6.45, 7) is 6.01. The van der Waals surface area contributed by atoms with Gasteiger partial charge in [0, 0.05) is 17.8 Å². The summed E-state index contributed by atoms with van der Waals surface area (Å²) in [7, 11) is 0. The third-order valence-electron chi connectivity index (χ3n) is 5.32. The van der Waals surface area contributed by atoms with Crippen LogP contribution in [0.1, 0.15) is 27.8 Å². The number of non-ortho nitro benzene ring substituents is 1. The average molecular weight is 414 g/mol. The largest absolute Gasteiger partial charge is 0.420 e. The lowest BCUT2D eigenvalue weighted by Crippen LogP contribution is -2.15. The zero-order chi connectivity index (χ0) is 22.3. The minimum atomic E-state index is -0.584. The Bertz CT molecular complexity index is 1430. The van der Waals surface area contributed by atoms with Crippen LogP contribution in [0.2, 0.25) is 0 Å². The fourth-order valence-electron chi connectivity index (χ4n) is 3.79. The van der Waals surface area contributed by atoms with E-state index in [9.17, 15) is 20.2 Å². The standard InChI is InChI=1S/C23H18N4O4/c1-13-6-16(10-24)7-14(2)22(13)19-8-17(15(3)11-25-19)12-26-20-5-4-18(27(29)30)9-21(20)31-23(26)28/h4-9,11H,12H2,1-3H3. The molecular weight excluding hydrogens is 396 g/mol. The molecule has 0 N–H and O–H groups in total. The lowest BCUT2D eigenvalue weighted by molar-refractivity contribution is -0.384. The molecule has 4 aromatic rings. The predicted molar refractivity (Wildman–Crippen MR) is 115 cm³/mol. The van der Waals surface area contributed by atoms with Crippen molar-refractivity contribution in [1.82, 2.24) is 9.55 Å². The summed E-state index contributed by atoms with van der Waals surface area (Å²) in [6, 6.07) is 11.9. The monoisotopic (exact) mass is 414 g/mol. The van der Waals surface area contributed by atoms with Gasteiger partial charge in [0.05, 0.1) is 40.4 Å². The molecule has 0 aliphatic heterocycles. The van der Waals surface area contributed by atoms with E-state index in [2.05, 4.69) is 11.1 Å². The van der Waals surface area contributed by atoms with Crippen molar-refractivity contribution in [2.45, 2.75) is 27.3 Å². The molecule has 0 saturated carbocycles. The lowest BCUT2D eigenvalue weighted by atomic mass is 9.95. The highest BCUT2D eigenvalue weighted by Gasteiger charge is 2.16. The van der Waals surface area contributed by atoms with Crippen molar-refractivity contribution in [3.8, 4) is 17.3 Å². The summed E-state index contributed by atoms with van der Waals surface area (Å²) < 4.78 is 6.69. The Labute approximate surface area is 177 Å². The summed E-state index contributed by atoms with van der Waals surface area (Å²) in [6.07, 6.45) is 1.75. The molecule has 154 valence electrons. The van der Waals surface area contributed by atoms with E-state index >= 15 is 0 Å². The smallest absolute Gasteiger partial charge is 0.407 e. The van der Waals surface area contributed by atoms with Crippen LogP contribution in [0.5, 0.6) is 0 Å². The van der Waals surface area contributed by atoms with E-state index < -0.39 is 10.7 Å². The molecule has 2 aromatic carbocycles. The molecule has 2 aromatic heterocycles. The number of benzene rings is 2. The number of nitriles is 1. The highest BCUT2D eigenvalue weighted by molar-refractivity contribution is 5.76. The topological polar surface area (TPSA) is 115 Å². The first-order valence-corrected chi connectivity index (χ1v) is 9.53. The quantitative estimate of drug-likeness (QED) is 0.361. The summed E-state index contributed by atoms with van der Waals surface area (Å²) in [5.41, 5.74) is 6.46. The molecule has 4 rings (SSSR count). The Morgan fingerprint density at radius 1 is 1.13 bits per heavy atom. The maximum Gasteiger partial charge on any atom is 0.420 e. The van der Waals surface area contributed by atoms with Gasteiger partial charge in [0.1, 0.15) is 0 Å². The van der Waals surface area contributed by atoms with Gasteiger partial charge in [0.2, 0.25) is 0 Å². The number of aromatic nitrogens is 2. The number of aryl methyl sites for hydroxylation is 3. The van der Waals surface area contributed by atoms with Crippen LogP contribution in [-0.2, 0) is 6.54 Å². The molecule has 0 amide bonds. The lowest BCUT2D eigenvalue weighted by Gasteiger charge is -2.13. The van der Waals surface area contributed by atoms with Crippen LogP contribution < -0.4 is 5.76 Å². The molecule has 2 heterocycles. The highest BCUT2D eigenvalue weighted by atomic mass is 16.6. The van der Waals surface area contributed by atoms with E-state index in [4.69, 9.17) is 4.42 Å². The van der Waals surface area contributed by atoms with E-state index in [1.807, 2.05) is 39.0 Å². The Hall–Kier alpha value is -4.25. The number of rotatable bonds is 4. The minimum absolute atomic E-state index is 0.137. The fourth-order valence-corrected chi connectivity index (χ4v) is 3.79. The van der Waals surface area contributed by atoms with Gasteiger partial charge in [-0.25, -0.2) is 4.79 Å². The average Bonchev–Trinajstić information content (AvgIpc) is 3.03. The first-order chi connectivity index (χ1) is 14.8. The van der Waals surface area contributed by atoms with E-state index in [-0.39, 0.29) is 17.8 Å². The number of nitro groups is 1. The van der Waals surface area contributed by atoms with Gasteiger partial charge in [-0.1, -0.05) is 0 Å². The second-order valence-electron chi connectivity index (χ2n) is 7.46. The third-order valence-corrected chi connectivity index (χ3v) is 5.32. The third kappa shape index (κ3) is 3.57. The number of nitrogens with zero attached hydrogens (tertiary/aromatic N) is 4. The highest BCUT2D eigenvalue weighted by Crippen LogP contribution is 2.29. The number of nitro benzene ring substituents is 1. The number of hydrogen-bond donors (Lipinski definition) is 0. The van der Waals surface area contributed by atoms with Crippen LogP contribution in [0.3, 0.4) is 0 Å². The molecule has 31 heavy (non-hydrogen) atoms. The van der Waals surface area contributed by atoms with Crippen LogP contribution in [0, 0.1) is 42.2 Å². The summed E-state index contributed by atoms with van der Waals surface area (Å²) in [5, 5.41) is 20.2. The van der Waals surface area contributed by atoms with Crippen LogP contribution in [0.4, 0.5) is 5.69 Å². The van der Waals surface area contributed by atoms with E-state index in [1.54, 1.807) is 6.20 Å². The van der Waals surface area contributed by atoms with Crippen molar-refractivity contribution < 1.29 is 9.34 Å². The van der Waals surface area contributed by atoms with Crippen molar-refractivity contribution in [1.29, 1.82) is 5.26 Å². The molecular formula is C23H18N4O4. The van der Waals surface area contributed by atoms with Gasteiger partial charge in [-0.3, -0.25) is 19.7 Å². The van der Waals surface area contributed by atoms with Gasteiger partial charge in [0.25, 0.3) is 5.69 Å². The van der Waals surface area contributed by atoms with Crippen LogP contribution in [-0.4, -0.2) is 14.5 Å². The van der Waals surface area contributed by atoms with Gasteiger partial charge in [0.15, 0.2) is 5.58 Å². The van der Waals surface area contributed by atoms with Gasteiger partial charge >= 0.3 is 5.76 Å². The Morgan fingerprint density at radius 2 is 1.84 bits per heavy atom. The first kappa shape index (κ1) is 20.0. The predicted octanol–water partition coefficient (Wildman–Crippen LogP) is 4.41. The zero-order valence-corrected chi connectivity index (χ0v) is 17.2. The van der Waals surface area contributed by atoms with E-state index in [0.717, 1.165) is 33.5 Å². The molecule has 0 bridgehead atoms. The first-order valence-electron chi connectivity index (χ1n) is 9.53. The summed E-state index contributed by atoms with van der Waals surface area (Å²) in [5.74, 6) is -0.584. The molecule has 0 radical (unpaired) electrons. The number of oxazole rings is 1. The van der Waals surface area contributed by atoms with Gasteiger partial charge in [-0.2, -0.15) is 5.26 Å². The van der Waals surface area contributed by atoms with Gasteiger partial charge in [-0.15, -0.1) is 0 Å². The SMILES string of the molecule is Cc1cnc(-c2c(C)cc(C#N)cc2C)cc1Cn1c(=O)oc2cc([N+](=O)[O-])ccc21. The van der Waals surface area contributed by atoms with Gasteiger partial charge < -0.3 is 4.42 Å². The molecule has 0 fully saturated rings. The molecule has 0 aliphatic rings.